The van der Waals surface area contributed by atoms with Crippen molar-refractivity contribution in [3.8, 4) is 0 Å². The van der Waals surface area contributed by atoms with E-state index in [1.807, 2.05) is 0 Å². The molecule has 22 heavy (non-hydrogen) atoms. The summed E-state index contributed by atoms with van der Waals surface area (Å²) in [5.41, 5.74) is 0. The van der Waals surface area contributed by atoms with Crippen LogP contribution < -0.4 is 42.6 Å². The normalized spacial score (nSPS) is 8.86. The van der Waals surface area contributed by atoms with Crippen LogP contribution in [0.2, 0.25) is 0 Å². The van der Waals surface area contributed by atoms with E-state index >= 15 is 0 Å². The molecule has 0 saturated carbocycles. The zero-order valence-corrected chi connectivity index (χ0v) is 15.7. The second-order valence-corrected chi connectivity index (χ2v) is 3.23. The third kappa shape index (κ3) is 1200. The second kappa shape index (κ2) is 33.2. The smallest absolute Gasteiger partial charge is 0.412 e. The van der Waals surface area contributed by atoms with Crippen LogP contribution in [0.5, 0.6) is 0 Å². The van der Waals surface area contributed by atoms with E-state index < -0.39 is 20.5 Å². The number of aliphatic hydroxyl groups is 1. The van der Waals surface area contributed by atoms with Crippen molar-refractivity contribution in [1.29, 1.82) is 0 Å². The molecule has 0 bridgehead atoms. The van der Waals surface area contributed by atoms with Crippen LogP contribution in [0.1, 0.15) is 6.92 Å². The fourth-order valence-corrected chi connectivity index (χ4v) is 0. The third-order valence-corrected chi connectivity index (χ3v) is 0.418. The molecule has 19 heteroatoms. The number of aliphatic hydroxyl groups excluding tert-OH is 1. The number of nitrogens with one attached hydrogen (secondary N) is 1. The summed E-state index contributed by atoms with van der Waals surface area (Å²) in [6.07, 6.45) is -0.366. The number of hydrogen-bond donors (Lipinski definition) is 2. The van der Waals surface area contributed by atoms with Gasteiger partial charge in [-0.3, -0.25) is 5.32 Å². The molecule has 0 aliphatic rings. The summed E-state index contributed by atoms with van der Waals surface area (Å²) in [7, 11) is -8.19. The minimum atomic E-state index is -4.94. The molecule has 0 aromatic heterocycles. The summed E-state index contributed by atoms with van der Waals surface area (Å²) in [6, 6.07) is 0. The molecule has 144 valence electrons. The van der Waals surface area contributed by atoms with Crippen LogP contribution >= 0.6 is 0 Å². The molecule has 0 aliphatic carbocycles. The van der Waals surface area contributed by atoms with Crippen molar-refractivity contribution in [3.05, 3.63) is 0 Å². The fourth-order valence-electron chi connectivity index (χ4n) is 0. The van der Waals surface area contributed by atoms with Gasteiger partial charge in [0.15, 0.2) is 0 Å². The Labute approximate surface area is 141 Å². The Kier molecular flexibility index (Phi) is 100. The van der Waals surface area contributed by atoms with Gasteiger partial charge < -0.3 is 38.0 Å². The van der Waals surface area contributed by atoms with Gasteiger partial charge in [-0.15, -0.1) is 20.5 Å². The zero-order valence-electron chi connectivity index (χ0n) is 11.3. The van der Waals surface area contributed by atoms with E-state index in [2.05, 4.69) is 5.32 Å². The van der Waals surface area contributed by atoms with Crippen LogP contribution in [0.25, 0.3) is 0 Å². The molecule has 0 aromatic carbocycles. The quantitative estimate of drug-likeness (QED) is 0.282. The molecule has 0 radical (unpaired) electrons. The summed E-state index contributed by atoms with van der Waals surface area (Å²) in [5, 5.41) is 10.8. The Balaban J connectivity index is -0.0000000106. The molecular formula is C3H21Cl2NO15Zn. The Morgan fingerprint density at radius 1 is 0.682 bits per heavy atom. The van der Waals surface area contributed by atoms with Crippen molar-refractivity contribution in [2.45, 2.75) is 13.2 Å². The molecule has 1 unspecified atom stereocenters. The first-order valence-electron chi connectivity index (χ1n) is 2.86. The molecular weight excluding hydrogens is 426 g/mol. The molecule has 0 amide bonds. The number of hydrogen-bond acceptors (Lipinski definition) is 10. The monoisotopic (exact) mass is 445 g/mol. The maximum atomic E-state index is 8.49. The maximum Gasteiger partial charge on any atom is 2.00 e. The fraction of sp³-hybridized carbons (Fsp3) is 1.00. The Morgan fingerprint density at radius 3 is 0.727 bits per heavy atom. The summed E-state index contributed by atoms with van der Waals surface area (Å²) in [5.74, 6) is 0. The average Bonchev–Trinajstić information content (AvgIpc) is 1.79. The minimum absolute atomic E-state index is 0. The first-order chi connectivity index (χ1) is 6.27. The summed E-state index contributed by atoms with van der Waals surface area (Å²) >= 11 is 0. The van der Waals surface area contributed by atoms with Gasteiger partial charge in [-0.05, 0) is 14.0 Å². The average molecular weight is 447 g/mol. The molecule has 14 N–H and O–H groups in total. The molecule has 0 rings (SSSR count). The van der Waals surface area contributed by atoms with Crippen molar-refractivity contribution in [2.75, 3.05) is 7.05 Å². The topological polar surface area (TPSA) is 406 Å². The van der Waals surface area contributed by atoms with Gasteiger partial charge in [0.05, 0.1) is 0 Å². The Bertz CT molecular complexity index is 116. The summed E-state index contributed by atoms with van der Waals surface area (Å²) < 4.78 is 67.9. The molecule has 0 spiro atoms. The van der Waals surface area contributed by atoms with Crippen LogP contribution in [-0.4, -0.2) is 51.2 Å². The van der Waals surface area contributed by atoms with E-state index in [-0.39, 0.29) is 58.6 Å². The van der Waals surface area contributed by atoms with Crippen LogP contribution in [0.15, 0.2) is 0 Å². The van der Waals surface area contributed by atoms with Crippen LogP contribution in [-0.2, 0) is 19.5 Å². The van der Waals surface area contributed by atoms with Gasteiger partial charge in [-0.2, -0.15) is 0 Å². The van der Waals surface area contributed by atoms with Gasteiger partial charge >= 0.3 is 19.5 Å². The van der Waals surface area contributed by atoms with Crippen molar-refractivity contribution >= 4 is 0 Å². The van der Waals surface area contributed by atoms with E-state index in [0.717, 1.165) is 0 Å². The van der Waals surface area contributed by atoms with E-state index in [1.165, 1.54) is 0 Å². The molecule has 1 atom stereocenters. The van der Waals surface area contributed by atoms with Crippen LogP contribution in [0.4, 0.5) is 0 Å². The standard InChI is InChI=1S/C3H9NO.2ClHO4.6H2O.Zn/c1-3(5)4-2;2*2-1(3,4)5;;;;;;;/h3-5H,1-2H3;2*(H,2,3,4,5);6*1H2;/q;;;;;;;;;+2/p-2. The number of rotatable bonds is 1. The van der Waals surface area contributed by atoms with Gasteiger partial charge in [-0.1, -0.05) is 0 Å². The molecule has 16 nitrogen and oxygen atoms in total. The van der Waals surface area contributed by atoms with Crippen molar-refractivity contribution in [1.82, 2.24) is 5.32 Å². The Hall–Kier alpha value is 0.563. The molecule has 0 fully saturated rings. The SMILES string of the molecule is CNC(C)O.O.O.O.O.O.O.[O-][Cl+3]([O-])([O-])[O-].[O-][Cl+3]([O-])([O-])[O-].[Zn+2]. The predicted molar refractivity (Wildman–Crippen MR) is 42.4 cm³/mol. The molecule has 0 aromatic rings. The molecule has 0 aliphatic heterocycles. The van der Waals surface area contributed by atoms with Gasteiger partial charge in [-0.25, -0.2) is 37.3 Å². The minimum Gasteiger partial charge on any atom is -0.412 e. The Morgan fingerprint density at radius 2 is 0.727 bits per heavy atom. The third-order valence-electron chi connectivity index (χ3n) is 0.418. The number of halogens is 2. The molecule has 0 saturated heterocycles. The van der Waals surface area contributed by atoms with Gasteiger partial charge in [0, 0.05) is 0 Å². The largest absolute Gasteiger partial charge is 2.00 e. The van der Waals surface area contributed by atoms with Crippen molar-refractivity contribution in [3.63, 3.8) is 0 Å². The van der Waals surface area contributed by atoms with E-state index in [0.29, 0.717) is 0 Å². The zero-order chi connectivity index (χ0) is 13.3. The van der Waals surface area contributed by atoms with Crippen LogP contribution in [0.3, 0.4) is 0 Å². The summed E-state index contributed by atoms with van der Waals surface area (Å²) in [6.45, 7) is 1.67. The predicted octanol–water partition coefficient (Wildman–Crippen LogP) is -14.9. The van der Waals surface area contributed by atoms with Crippen LogP contribution in [0, 0.1) is 20.5 Å². The van der Waals surface area contributed by atoms with Crippen molar-refractivity contribution < 1.29 is 115 Å². The second-order valence-electron chi connectivity index (χ2n) is 1.72. The summed E-state index contributed by atoms with van der Waals surface area (Å²) in [4.78, 5) is 0. The first-order valence-corrected chi connectivity index (χ1v) is 5.33. The van der Waals surface area contributed by atoms with E-state index in [4.69, 9.17) is 42.4 Å². The van der Waals surface area contributed by atoms with E-state index in [9.17, 15) is 0 Å². The van der Waals surface area contributed by atoms with Gasteiger partial charge in [0.1, 0.15) is 6.23 Å². The van der Waals surface area contributed by atoms with Gasteiger partial charge in [0.25, 0.3) is 0 Å². The van der Waals surface area contributed by atoms with Crippen molar-refractivity contribution in [2.24, 2.45) is 0 Å². The first kappa shape index (κ1) is 66.5. The van der Waals surface area contributed by atoms with Gasteiger partial charge in [0.2, 0.25) is 0 Å². The molecule has 0 heterocycles. The van der Waals surface area contributed by atoms with E-state index in [1.54, 1.807) is 14.0 Å². The maximum absolute atomic E-state index is 8.49.